The molecule has 0 unspecified atom stereocenters. The van der Waals surface area contributed by atoms with E-state index in [1.807, 2.05) is 38.1 Å². The Kier molecular flexibility index (Phi) is 4.47. The van der Waals surface area contributed by atoms with Crippen molar-refractivity contribution in [2.75, 3.05) is 5.32 Å². The van der Waals surface area contributed by atoms with Crippen LogP contribution in [0.1, 0.15) is 30.0 Å². The van der Waals surface area contributed by atoms with Gasteiger partial charge in [-0.15, -0.1) is 0 Å². The highest BCUT2D eigenvalue weighted by Gasteiger charge is 2.16. The smallest absolute Gasteiger partial charge is 0.244 e. The summed E-state index contributed by atoms with van der Waals surface area (Å²) in [6.07, 6.45) is 0. The Morgan fingerprint density at radius 1 is 1.19 bits per heavy atom. The van der Waals surface area contributed by atoms with Gasteiger partial charge in [-0.05, 0) is 26.0 Å². The van der Waals surface area contributed by atoms with Gasteiger partial charge in [-0.1, -0.05) is 23.9 Å². The molecule has 0 radical (unpaired) electrons. The SMILES string of the molecule is CC(=O)Nc1ccccc1Sc1c(C)nn(C(C)=O)c1C. The van der Waals surface area contributed by atoms with E-state index in [0.29, 0.717) is 0 Å². The van der Waals surface area contributed by atoms with Crippen LogP contribution in [0.2, 0.25) is 0 Å². The molecule has 6 heteroatoms. The maximum atomic E-state index is 11.5. The molecule has 1 aromatic carbocycles. The van der Waals surface area contributed by atoms with Crippen LogP contribution in [0.5, 0.6) is 0 Å². The van der Waals surface area contributed by atoms with Crippen LogP contribution in [0.15, 0.2) is 34.1 Å². The molecule has 0 saturated carbocycles. The zero-order chi connectivity index (χ0) is 15.6. The number of rotatable bonds is 3. The van der Waals surface area contributed by atoms with Crippen molar-refractivity contribution >= 4 is 29.3 Å². The van der Waals surface area contributed by atoms with Gasteiger partial charge in [0.15, 0.2) is 0 Å². The standard InChI is InChI=1S/C15H17N3O2S/c1-9-15(10(2)18(17-9)12(4)20)21-14-8-6-5-7-13(14)16-11(3)19/h5-8H,1-4H3,(H,16,19). The number of carbonyl (C=O) groups excluding carboxylic acids is 2. The number of aryl methyl sites for hydroxylation is 1. The fourth-order valence-corrected chi connectivity index (χ4v) is 3.06. The Labute approximate surface area is 127 Å². The molecule has 0 bridgehead atoms. The van der Waals surface area contributed by atoms with Crippen LogP contribution in [0.25, 0.3) is 0 Å². The molecule has 0 atom stereocenters. The van der Waals surface area contributed by atoms with Gasteiger partial charge in [-0.2, -0.15) is 5.10 Å². The molecule has 0 spiro atoms. The molecule has 0 saturated heterocycles. The predicted molar refractivity (Wildman–Crippen MR) is 82.9 cm³/mol. The van der Waals surface area contributed by atoms with E-state index in [4.69, 9.17) is 0 Å². The average Bonchev–Trinajstić information content (AvgIpc) is 2.68. The molecule has 21 heavy (non-hydrogen) atoms. The first kappa shape index (κ1) is 15.3. The van der Waals surface area contributed by atoms with Gasteiger partial charge >= 0.3 is 0 Å². The summed E-state index contributed by atoms with van der Waals surface area (Å²) in [7, 11) is 0. The zero-order valence-electron chi connectivity index (χ0n) is 12.4. The fraction of sp³-hybridized carbons (Fsp3) is 0.267. The highest BCUT2D eigenvalue weighted by molar-refractivity contribution is 7.99. The van der Waals surface area contributed by atoms with Crippen LogP contribution in [0.4, 0.5) is 5.69 Å². The Morgan fingerprint density at radius 2 is 1.86 bits per heavy atom. The van der Waals surface area contributed by atoms with E-state index in [0.717, 1.165) is 26.9 Å². The number of nitrogens with zero attached hydrogens (tertiary/aromatic N) is 2. The summed E-state index contributed by atoms with van der Waals surface area (Å²) in [6, 6.07) is 7.56. The molecule has 0 aliphatic rings. The van der Waals surface area contributed by atoms with Gasteiger partial charge in [0.2, 0.25) is 11.8 Å². The number of para-hydroxylation sites is 1. The molecule has 0 aliphatic carbocycles. The van der Waals surface area contributed by atoms with Crippen molar-refractivity contribution in [2.45, 2.75) is 37.5 Å². The lowest BCUT2D eigenvalue weighted by Crippen LogP contribution is -2.09. The molecule has 0 aliphatic heterocycles. The Hall–Kier alpha value is -2.08. The number of anilines is 1. The van der Waals surface area contributed by atoms with Crippen molar-refractivity contribution in [3.05, 3.63) is 35.7 Å². The summed E-state index contributed by atoms with van der Waals surface area (Å²) in [5, 5.41) is 7.06. The average molecular weight is 303 g/mol. The summed E-state index contributed by atoms with van der Waals surface area (Å²) in [4.78, 5) is 24.6. The summed E-state index contributed by atoms with van der Waals surface area (Å²) in [6.45, 7) is 6.70. The molecule has 1 N–H and O–H groups in total. The Bertz CT molecular complexity index is 707. The molecule has 2 rings (SSSR count). The maximum absolute atomic E-state index is 11.5. The Morgan fingerprint density at radius 3 is 2.43 bits per heavy atom. The van der Waals surface area contributed by atoms with Gasteiger partial charge in [-0.3, -0.25) is 9.59 Å². The molecule has 2 aromatic rings. The monoisotopic (exact) mass is 303 g/mol. The number of aromatic nitrogens is 2. The highest BCUT2D eigenvalue weighted by Crippen LogP contribution is 2.36. The lowest BCUT2D eigenvalue weighted by molar-refractivity contribution is -0.114. The van der Waals surface area contributed by atoms with E-state index in [9.17, 15) is 9.59 Å². The second-order valence-corrected chi connectivity index (χ2v) is 5.76. The van der Waals surface area contributed by atoms with Crippen molar-refractivity contribution < 1.29 is 9.59 Å². The number of hydrogen-bond donors (Lipinski definition) is 1. The van der Waals surface area contributed by atoms with Gasteiger partial charge in [0.05, 0.1) is 22.0 Å². The lowest BCUT2D eigenvalue weighted by atomic mass is 10.3. The summed E-state index contributed by atoms with van der Waals surface area (Å²) in [5.41, 5.74) is 2.36. The van der Waals surface area contributed by atoms with Crippen LogP contribution in [-0.4, -0.2) is 21.6 Å². The molecular weight excluding hydrogens is 286 g/mol. The molecule has 5 nitrogen and oxygen atoms in total. The minimum absolute atomic E-state index is 0.113. The molecular formula is C15H17N3O2S. The van der Waals surface area contributed by atoms with Gasteiger partial charge in [0.25, 0.3) is 0 Å². The molecule has 1 aromatic heterocycles. The van der Waals surface area contributed by atoms with E-state index in [2.05, 4.69) is 10.4 Å². The number of benzene rings is 1. The van der Waals surface area contributed by atoms with Crippen molar-refractivity contribution in [1.82, 2.24) is 9.78 Å². The third-order valence-electron chi connectivity index (χ3n) is 2.93. The van der Waals surface area contributed by atoms with E-state index >= 15 is 0 Å². The number of hydrogen-bond acceptors (Lipinski definition) is 4. The summed E-state index contributed by atoms with van der Waals surface area (Å²) < 4.78 is 1.40. The minimum atomic E-state index is -0.115. The van der Waals surface area contributed by atoms with Gasteiger partial charge in [-0.25, -0.2) is 4.68 Å². The van der Waals surface area contributed by atoms with Gasteiger partial charge < -0.3 is 5.32 Å². The van der Waals surface area contributed by atoms with Crippen molar-refractivity contribution in [3.63, 3.8) is 0 Å². The normalized spacial score (nSPS) is 10.5. The second kappa shape index (κ2) is 6.13. The van der Waals surface area contributed by atoms with E-state index in [-0.39, 0.29) is 11.8 Å². The first-order valence-electron chi connectivity index (χ1n) is 6.51. The fourth-order valence-electron chi connectivity index (χ4n) is 2.04. The van der Waals surface area contributed by atoms with Crippen molar-refractivity contribution in [3.8, 4) is 0 Å². The maximum Gasteiger partial charge on any atom is 0.244 e. The number of nitrogens with one attached hydrogen (secondary N) is 1. The second-order valence-electron chi connectivity index (χ2n) is 4.71. The number of amides is 1. The molecule has 1 amide bonds. The quantitative estimate of drug-likeness (QED) is 0.945. The van der Waals surface area contributed by atoms with E-state index in [1.165, 1.54) is 30.3 Å². The Balaban J connectivity index is 2.39. The van der Waals surface area contributed by atoms with Crippen LogP contribution >= 0.6 is 11.8 Å². The molecule has 0 fully saturated rings. The number of carbonyl (C=O) groups is 2. The third kappa shape index (κ3) is 3.33. The third-order valence-corrected chi connectivity index (χ3v) is 4.30. The van der Waals surface area contributed by atoms with Crippen LogP contribution in [-0.2, 0) is 4.79 Å². The summed E-state index contributed by atoms with van der Waals surface area (Å²) in [5.74, 6) is -0.228. The van der Waals surface area contributed by atoms with Crippen molar-refractivity contribution in [1.29, 1.82) is 0 Å². The van der Waals surface area contributed by atoms with E-state index < -0.39 is 0 Å². The predicted octanol–water partition coefficient (Wildman–Crippen LogP) is 3.27. The molecule has 1 heterocycles. The van der Waals surface area contributed by atoms with Crippen LogP contribution in [0, 0.1) is 13.8 Å². The highest BCUT2D eigenvalue weighted by atomic mass is 32.2. The molecule has 110 valence electrons. The first-order chi connectivity index (χ1) is 9.90. The van der Waals surface area contributed by atoms with Gasteiger partial charge in [0, 0.05) is 18.7 Å². The minimum Gasteiger partial charge on any atom is -0.325 e. The largest absolute Gasteiger partial charge is 0.325 e. The van der Waals surface area contributed by atoms with Crippen molar-refractivity contribution in [2.24, 2.45) is 0 Å². The zero-order valence-corrected chi connectivity index (χ0v) is 13.2. The lowest BCUT2D eigenvalue weighted by Gasteiger charge is -2.09. The van der Waals surface area contributed by atoms with Gasteiger partial charge in [0.1, 0.15) is 0 Å². The summed E-state index contributed by atoms with van der Waals surface area (Å²) >= 11 is 1.50. The first-order valence-corrected chi connectivity index (χ1v) is 7.33. The van der Waals surface area contributed by atoms with Crippen LogP contribution < -0.4 is 5.32 Å². The topological polar surface area (TPSA) is 64.0 Å². The van der Waals surface area contributed by atoms with Crippen LogP contribution in [0.3, 0.4) is 0 Å². The van der Waals surface area contributed by atoms with E-state index in [1.54, 1.807) is 0 Å².